The average molecular weight is 380 g/mol. The third-order valence-electron chi connectivity index (χ3n) is 3.89. The first kappa shape index (κ1) is 19.0. The van der Waals surface area contributed by atoms with Crippen molar-refractivity contribution in [2.45, 2.75) is 13.1 Å². The third kappa shape index (κ3) is 5.10. The van der Waals surface area contributed by atoms with Gasteiger partial charge in [0.25, 0.3) is 5.91 Å². The molecule has 28 heavy (non-hydrogen) atoms. The van der Waals surface area contributed by atoms with Crippen molar-refractivity contribution in [1.29, 1.82) is 0 Å². The highest BCUT2D eigenvalue weighted by molar-refractivity contribution is 5.93. The lowest BCUT2D eigenvalue weighted by Gasteiger charge is -2.08. The van der Waals surface area contributed by atoms with E-state index in [9.17, 15) is 14.0 Å². The van der Waals surface area contributed by atoms with Gasteiger partial charge in [-0.1, -0.05) is 36.4 Å². The molecule has 3 aromatic rings. The van der Waals surface area contributed by atoms with Crippen LogP contribution in [0.15, 0.2) is 60.9 Å². The van der Waals surface area contributed by atoms with Crippen LogP contribution in [0.1, 0.15) is 21.5 Å². The third-order valence-corrected chi connectivity index (χ3v) is 3.89. The summed E-state index contributed by atoms with van der Waals surface area (Å²) in [6.07, 6.45) is 1.67. The number of hydrogen-bond acceptors (Lipinski definition) is 4. The van der Waals surface area contributed by atoms with Crippen molar-refractivity contribution in [3.8, 4) is 11.4 Å². The number of nitrogens with zero attached hydrogens (tertiary/aromatic N) is 2. The number of aromatic nitrogens is 2. The first-order valence-electron chi connectivity index (χ1n) is 8.42. The van der Waals surface area contributed by atoms with Gasteiger partial charge in [-0.3, -0.25) is 4.79 Å². The number of carbonyl (C=O) groups is 2. The largest absolute Gasteiger partial charge is 0.465 e. The van der Waals surface area contributed by atoms with E-state index in [4.69, 9.17) is 5.11 Å². The Hall–Kier alpha value is -3.81. The Morgan fingerprint density at radius 1 is 0.929 bits per heavy atom. The fraction of sp³-hybridized carbons (Fsp3) is 0.100. The van der Waals surface area contributed by atoms with E-state index in [1.807, 2.05) is 6.07 Å². The van der Waals surface area contributed by atoms with Crippen molar-refractivity contribution in [3.05, 3.63) is 83.4 Å². The number of nitrogens with one attached hydrogen (secondary N) is 2. The Morgan fingerprint density at radius 3 is 2.21 bits per heavy atom. The standard InChI is InChI=1S/C20H17FN4O3/c21-17-6-2-5-15(8-17)18-22-11-16(12-23-18)19(26)24-9-13-3-1-4-14(7-13)10-25-20(27)28/h1-8,11-12,25H,9-10H2,(H,24,26)(H,27,28). The van der Waals surface area contributed by atoms with Gasteiger partial charge in [-0.2, -0.15) is 0 Å². The van der Waals surface area contributed by atoms with E-state index in [1.165, 1.54) is 24.5 Å². The summed E-state index contributed by atoms with van der Waals surface area (Å²) in [6.45, 7) is 0.456. The number of hydrogen-bond donors (Lipinski definition) is 3. The zero-order chi connectivity index (χ0) is 19.9. The molecule has 0 saturated carbocycles. The molecule has 0 saturated heterocycles. The van der Waals surface area contributed by atoms with E-state index in [-0.39, 0.29) is 30.4 Å². The fourth-order valence-corrected chi connectivity index (χ4v) is 2.53. The molecule has 1 heterocycles. The van der Waals surface area contributed by atoms with Gasteiger partial charge in [-0.15, -0.1) is 0 Å². The molecule has 0 spiro atoms. The molecule has 8 heteroatoms. The van der Waals surface area contributed by atoms with Crippen molar-refractivity contribution < 1.29 is 19.1 Å². The number of halogens is 1. The van der Waals surface area contributed by atoms with Crippen molar-refractivity contribution in [2.24, 2.45) is 0 Å². The van der Waals surface area contributed by atoms with Gasteiger partial charge in [0, 0.05) is 31.0 Å². The lowest BCUT2D eigenvalue weighted by molar-refractivity contribution is 0.0950. The summed E-state index contributed by atoms with van der Waals surface area (Å²) < 4.78 is 13.3. The van der Waals surface area contributed by atoms with Crippen LogP contribution in [0.2, 0.25) is 0 Å². The van der Waals surface area contributed by atoms with Crippen LogP contribution in [0.25, 0.3) is 11.4 Å². The molecule has 3 rings (SSSR count). The maximum Gasteiger partial charge on any atom is 0.404 e. The number of benzene rings is 2. The smallest absolute Gasteiger partial charge is 0.404 e. The average Bonchev–Trinajstić information content (AvgIpc) is 2.71. The number of rotatable bonds is 6. The summed E-state index contributed by atoms with van der Waals surface area (Å²) >= 11 is 0. The van der Waals surface area contributed by atoms with Gasteiger partial charge in [0.15, 0.2) is 5.82 Å². The molecule has 0 aliphatic carbocycles. The van der Waals surface area contributed by atoms with Gasteiger partial charge >= 0.3 is 6.09 Å². The van der Waals surface area contributed by atoms with Gasteiger partial charge in [-0.25, -0.2) is 19.2 Å². The monoisotopic (exact) mass is 380 g/mol. The Kier molecular flexibility index (Phi) is 5.91. The number of carbonyl (C=O) groups excluding carboxylic acids is 1. The highest BCUT2D eigenvalue weighted by atomic mass is 19.1. The lowest BCUT2D eigenvalue weighted by atomic mass is 10.1. The quantitative estimate of drug-likeness (QED) is 0.610. The van der Waals surface area contributed by atoms with E-state index in [0.29, 0.717) is 11.4 Å². The maximum absolute atomic E-state index is 13.3. The molecule has 2 aromatic carbocycles. The first-order valence-corrected chi connectivity index (χ1v) is 8.42. The minimum Gasteiger partial charge on any atom is -0.465 e. The minimum absolute atomic E-state index is 0.187. The van der Waals surface area contributed by atoms with E-state index in [1.54, 1.807) is 30.3 Å². The molecule has 0 fully saturated rings. The van der Waals surface area contributed by atoms with Crippen molar-refractivity contribution >= 4 is 12.0 Å². The highest BCUT2D eigenvalue weighted by Gasteiger charge is 2.09. The normalized spacial score (nSPS) is 10.3. The minimum atomic E-state index is -1.10. The maximum atomic E-state index is 13.3. The van der Waals surface area contributed by atoms with Crippen LogP contribution in [0.3, 0.4) is 0 Å². The molecule has 0 aliphatic rings. The van der Waals surface area contributed by atoms with Crippen LogP contribution in [0.5, 0.6) is 0 Å². The Morgan fingerprint density at radius 2 is 1.57 bits per heavy atom. The Labute approximate surface area is 160 Å². The van der Waals surface area contributed by atoms with Crippen molar-refractivity contribution in [2.75, 3.05) is 0 Å². The molecular formula is C20H17FN4O3. The van der Waals surface area contributed by atoms with Crippen molar-refractivity contribution in [3.63, 3.8) is 0 Å². The SMILES string of the molecule is O=C(O)NCc1cccc(CNC(=O)c2cnc(-c3cccc(F)c3)nc2)c1. The molecule has 142 valence electrons. The molecule has 2 amide bonds. The molecule has 0 bridgehead atoms. The second kappa shape index (κ2) is 8.72. The van der Waals surface area contributed by atoms with E-state index < -0.39 is 6.09 Å². The van der Waals surface area contributed by atoms with Crippen LogP contribution >= 0.6 is 0 Å². The zero-order valence-electron chi connectivity index (χ0n) is 14.7. The van der Waals surface area contributed by atoms with Crippen LogP contribution in [-0.4, -0.2) is 27.1 Å². The van der Waals surface area contributed by atoms with E-state index in [2.05, 4.69) is 20.6 Å². The first-order chi connectivity index (χ1) is 13.5. The zero-order valence-corrected chi connectivity index (χ0v) is 14.7. The number of carboxylic acid groups (broad SMARTS) is 1. The predicted octanol–water partition coefficient (Wildman–Crippen LogP) is 2.98. The summed E-state index contributed by atoms with van der Waals surface area (Å²) in [6, 6.07) is 13.1. The van der Waals surface area contributed by atoms with Gasteiger partial charge in [0.2, 0.25) is 0 Å². The summed E-state index contributed by atoms with van der Waals surface area (Å²) in [7, 11) is 0. The molecule has 7 nitrogen and oxygen atoms in total. The van der Waals surface area contributed by atoms with Gasteiger partial charge in [-0.05, 0) is 23.3 Å². The molecule has 3 N–H and O–H groups in total. The lowest BCUT2D eigenvalue weighted by Crippen LogP contribution is -2.23. The van der Waals surface area contributed by atoms with Crippen LogP contribution in [0.4, 0.5) is 9.18 Å². The molecule has 0 radical (unpaired) electrons. The molecular weight excluding hydrogens is 363 g/mol. The van der Waals surface area contributed by atoms with E-state index in [0.717, 1.165) is 11.1 Å². The van der Waals surface area contributed by atoms with Crippen LogP contribution < -0.4 is 10.6 Å². The Balaban J connectivity index is 1.61. The molecule has 0 unspecified atom stereocenters. The fourth-order valence-electron chi connectivity index (χ4n) is 2.53. The second-order valence-electron chi connectivity index (χ2n) is 5.97. The number of amides is 2. The Bertz CT molecular complexity index is 993. The summed E-state index contributed by atoms with van der Waals surface area (Å²) in [5, 5.41) is 13.7. The summed E-state index contributed by atoms with van der Waals surface area (Å²) in [4.78, 5) is 31.1. The highest BCUT2D eigenvalue weighted by Crippen LogP contribution is 2.15. The van der Waals surface area contributed by atoms with Crippen molar-refractivity contribution in [1.82, 2.24) is 20.6 Å². The summed E-state index contributed by atoms with van der Waals surface area (Å²) in [5.41, 5.74) is 2.43. The van der Waals surface area contributed by atoms with Gasteiger partial charge < -0.3 is 15.7 Å². The summed E-state index contributed by atoms with van der Waals surface area (Å²) in [5.74, 6) is -0.404. The van der Waals surface area contributed by atoms with E-state index >= 15 is 0 Å². The van der Waals surface area contributed by atoms with Crippen LogP contribution in [-0.2, 0) is 13.1 Å². The molecule has 0 aliphatic heterocycles. The van der Waals surface area contributed by atoms with Crippen LogP contribution in [0, 0.1) is 5.82 Å². The topological polar surface area (TPSA) is 104 Å². The predicted molar refractivity (Wildman–Crippen MR) is 99.9 cm³/mol. The second-order valence-corrected chi connectivity index (χ2v) is 5.97. The van der Waals surface area contributed by atoms with Gasteiger partial charge in [0.05, 0.1) is 5.56 Å². The van der Waals surface area contributed by atoms with Gasteiger partial charge in [0.1, 0.15) is 5.82 Å². The molecule has 1 aromatic heterocycles. The molecule has 0 atom stereocenters.